The van der Waals surface area contributed by atoms with Crippen LogP contribution in [0.1, 0.15) is 18.4 Å². The van der Waals surface area contributed by atoms with Crippen LogP contribution in [0.15, 0.2) is 36.8 Å². The van der Waals surface area contributed by atoms with Crippen LogP contribution in [0.25, 0.3) is 0 Å². The Balaban J connectivity index is 1.88. The van der Waals surface area contributed by atoms with Gasteiger partial charge < -0.3 is 5.32 Å². The number of rotatable bonds is 1. The van der Waals surface area contributed by atoms with Crippen molar-refractivity contribution in [1.82, 2.24) is 20.3 Å². The lowest BCUT2D eigenvalue weighted by Gasteiger charge is -2.44. The van der Waals surface area contributed by atoms with Crippen molar-refractivity contribution in [3.63, 3.8) is 0 Å². The number of nitrogens with zero attached hydrogens (tertiary/aromatic N) is 4. The van der Waals surface area contributed by atoms with Gasteiger partial charge >= 0.3 is 0 Å². The summed E-state index contributed by atoms with van der Waals surface area (Å²) in [5, 5.41) is 3.49. The molecule has 20 heavy (non-hydrogen) atoms. The third-order valence-electron chi connectivity index (χ3n) is 4.39. The first kappa shape index (κ1) is 11.8. The second kappa shape index (κ2) is 4.52. The predicted molar refractivity (Wildman–Crippen MR) is 76.9 cm³/mol. The molecule has 1 N–H and O–H groups in total. The number of hydrogen-bond acceptors (Lipinski definition) is 5. The molecule has 0 saturated carbocycles. The van der Waals surface area contributed by atoms with Gasteiger partial charge in [-0.1, -0.05) is 6.07 Å². The van der Waals surface area contributed by atoms with Crippen LogP contribution < -0.4 is 10.2 Å². The van der Waals surface area contributed by atoms with Crippen LogP contribution in [0, 0.1) is 0 Å². The molecular weight excluding hydrogens is 250 g/mol. The fourth-order valence-electron chi connectivity index (χ4n) is 3.38. The van der Waals surface area contributed by atoms with Gasteiger partial charge in [-0.3, -0.25) is 4.90 Å². The number of anilines is 2. The summed E-state index contributed by atoms with van der Waals surface area (Å²) in [4.78, 5) is 15.8. The van der Waals surface area contributed by atoms with E-state index >= 15 is 0 Å². The molecule has 0 aromatic carbocycles. The molecule has 1 spiro atoms. The number of nitrogens with one attached hydrogen (secondary N) is 1. The summed E-state index contributed by atoms with van der Waals surface area (Å²) >= 11 is 0. The van der Waals surface area contributed by atoms with E-state index < -0.39 is 0 Å². The van der Waals surface area contributed by atoms with E-state index in [0.717, 1.165) is 44.1 Å². The van der Waals surface area contributed by atoms with Gasteiger partial charge in [0.25, 0.3) is 0 Å². The van der Waals surface area contributed by atoms with Crippen molar-refractivity contribution in [3.05, 3.63) is 42.4 Å². The fourth-order valence-corrected chi connectivity index (χ4v) is 3.38. The minimum atomic E-state index is 0.0721. The Morgan fingerprint density at radius 3 is 2.70 bits per heavy atom. The zero-order chi connectivity index (χ0) is 13.4. The van der Waals surface area contributed by atoms with Gasteiger partial charge in [-0.25, -0.2) is 15.0 Å². The molecule has 4 rings (SSSR count). The standard InChI is InChI=1S/C15H17N5/c1-3-12-4-5-15(6-10-16-11-15)20(13(12)17-7-1)14-18-8-2-9-19-14/h1-3,7-9,16H,4-6,10-11H2. The second-order valence-electron chi connectivity index (χ2n) is 5.52. The Morgan fingerprint density at radius 2 is 1.90 bits per heavy atom. The smallest absolute Gasteiger partial charge is 0.231 e. The normalized spacial score (nSPS) is 24.9. The maximum atomic E-state index is 4.61. The average molecular weight is 267 g/mol. The summed E-state index contributed by atoms with van der Waals surface area (Å²) in [5.41, 5.74) is 1.36. The number of fused-ring (bicyclic) bond motifs is 1. The highest BCUT2D eigenvalue weighted by Gasteiger charge is 2.45. The zero-order valence-corrected chi connectivity index (χ0v) is 11.3. The highest BCUT2D eigenvalue weighted by atomic mass is 15.4. The lowest BCUT2D eigenvalue weighted by Crippen LogP contribution is -2.51. The first-order chi connectivity index (χ1) is 9.89. The van der Waals surface area contributed by atoms with Crippen molar-refractivity contribution in [3.8, 4) is 0 Å². The van der Waals surface area contributed by atoms with Gasteiger partial charge in [-0.2, -0.15) is 0 Å². The van der Waals surface area contributed by atoms with Crippen LogP contribution >= 0.6 is 0 Å². The van der Waals surface area contributed by atoms with E-state index in [0.29, 0.717) is 0 Å². The molecule has 1 unspecified atom stereocenters. The van der Waals surface area contributed by atoms with Crippen LogP contribution in [0.5, 0.6) is 0 Å². The Hall–Kier alpha value is -2.01. The molecule has 2 aliphatic rings. The van der Waals surface area contributed by atoms with E-state index in [4.69, 9.17) is 0 Å². The zero-order valence-electron chi connectivity index (χ0n) is 11.3. The van der Waals surface area contributed by atoms with Crippen LogP contribution in [0.4, 0.5) is 11.8 Å². The van der Waals surface area contributed by atoms with Crippen LogP contribution in [0.3, 0.4) is 0 Å². The molecule has 2 aromatic heterocycles. The first-order valence-electron chi connectivity index (χ1n) is 7.11. The molecule has 1 saturated heterocycles. The highest BCUT2D eigenvalue weighted by Crippen LogP contribution is 2.42. The van der Waals surface area contributed by atoms with Crippen molar-refractivity contribution < 1.29 is 0 Å². The number of pyridine rings is 1. The molecule has 4 heterocycles. The molecule has 1 fully saturated rings. The minimum absolute atomic E-state index is 0.0721. The first-order valence-corrected chi connectivity index (χ1v) is 7.11. The van der Waals surface area contributed by atoms with Gasteiger partial charge in [-0.15, -0.1) is 0 Å². The molecule has 102 valence electrons. The fraction of sp³-hybridized carbons (Fsp3) is 0.400. The molecule has 0 amide bonds. The molecule has 1 atom stereocenters. The lowest BCUT2D eigenvalue weighted by molar-refractivity contribution is 0.398. The van der Waals surface area contributed by atoms with Crippen molar-refractivity contribution in [1.29, 1.82) is 0 Å². The number of aryl methyl sites for hydroxylation is 1. The van der Waals surface area contributed by atoms with E-state index in [-0.39, 0.29) is 5.54 Å². The summed E-state index contributed by atoms with van der Waals surface area (Å²) in [6.45, 7) is 2.02. The van der Waals surface area contributed by atoms with Crippen LogP contribution in [0.2, 0.25) is 0 Å². The highest BCUT2D eigenvalue weighted by molar-refractivity contribution is 5.62. The summed E-state index contributed by atoms with van der Waals surface area (Å²) in [7, 11) is 0. The van der Waals surface area contributed by atoms with Gasteiger partial charge in [-0.05, 0) is 43.5 Å². The molecular formula is C15H17N5. The molecule has 2 aliphatic heterocycles. The van der Waals surface area contributed by atoms with E-state index in [2.05, 4.69) is 31.2 Å². The molecule has 0 aliphatic carbocycles. The third kappa shape index (κ3) is 1.70. The summed E-state index contributed by atoms with van der Waals surface area (Å²) < 4.78 is 0. The molecule has 2 aromatic rings. The SMILES string of the molecule is c1cnc(N2c3ncccc3CCC23CCNC3)nc1. The Kier molecular flexibility index (Phi) is 2.67. The summed E-state index contributed by atoms with van der Waals surface area (Å²) in [5.74, 6) is 1.78. The molecule has 5 heteroatoms. The van der Waals surface area contributed by atoms with Gasteiger partial charge in [0.15, 0.2) is 0 Å². The van der Waals surface area contributed by atoms with Gasteiger partial charge in [0.2, 0.25) is 5.95 Å². The monoisotopic (exact) mass is 267 g/mol. The van der Waals surface area contributed by atoms with E-state index in [1.54, 1.807) is 12.4 Å². The predicted octanol–water partition coefficient (Wildman–Crippen LogP) is 1.69. The van der Waals surface area contributed by atoms with E-state index in [9.17, 15) is 0 Å². The van der Waals surface area contributed by atoms with Crippen LogP contribution in [-0.4, -0.2) is 33.6 Å². The van der Waals surface area contributed by atoms with Crippen molar-refractivity contribution >= 4 is 11.8 Å². The van der Waals surface area contributed by atoms with Crippen molar-refractivity contribution in [2.24, 2.45) is 0 Å². The van der Waals surface area contributed by atoms with Gasteiger partial charge in [0.05, 0.1) is 5.54 Å². The number of hydrogen-bond donors (Lipinski definition) is 1. The maximum Gasteiger partial charge on any atom is 0.231 e. The summed E-state index contributed by atoms with van der Waals surface area (Å²) in [6.07, 6.45) is 8.77. The largest absolute Gasteiger partial charge is 0.314 e. The Bertz CT molecular complexity index is 607. The maximum absolute atomic E-state index is 4.61. The lowest BCUT2D eigenvalue weighted by atomic mass is 9.84. The van der Waals surface area contributed by atoms with E-state index in [1.807, 2.05) is 18.3 Å². The molecule has 0 bridgehead atoms. The molecule has 5 nitrogen and oxygen atoms in total. The van der Waals surface area contributed by atoms with Gasteiger partial charge in [0, 0.05) is 25.1 Å². The summed E-state index contributed by atoms with van der Waals surface area (Å²) in [6, 6.07) is 6.02. The third-order valence-corrected chi connectivity index (χ3v) is 4.39. The minimum Gasteiger partial charge on any atom is -0.314 e. The quantitative estimate of drug-likeness (QED) is 0.852. The second-order valence-corrected chi connectivity index (χ2v) is 5.52. The van der Waals surface area contributed by atoms with Gasteiger partial charge in [0.1, 0.15) is 5.82 Å². The van der Waals surface area contributed by atoms with Crippen LogP contribution in [-0.2, 0) is 6.42 Å². The van der Waals surface area contributed by atoms with E-state index in [1.165, 1.54) is 5.56 Å². The Morgan fingerprint density at radius 1 is 1.05 bits per heavy atom. The van der Waals surface area contributed by atoms with Crippen molar-refractivity contribution in [2.75, 3.05) is 18.0 Å². The average Bonchev–Trinajstić information content (AvgIpc) is 2.97. The Labute approximate surface area is 118 Å². The number of aromatic nitrogens is 3. The molecule has 0 radical (unpaired) electrons. The topological polar surface area (TPSA) is 53.9 Å². The van der Waals surface area contributed by atoms with Crippen molar-refractivity contribution in [2.45, 2.75) is 24.8 Å².